The molecule has 2 fully saturated rings. The topological polar surface area (TPSA) is 44.1 Å². The number of rotatable bonds is 3. The summed E-state index contributed by atoms with van der Waals surface area (Å²) in [5.41, 5.74) is 5.00. The number of nitrogens with zero attached hydrogens (tertiary/aromatic N) is 5. The zero-order valence-corrected chi connectivity index (χ0v) is 19.6. The molecule has 1 aromatic carbocycles. The summed E-state index contributed by atoms with van der Waals surface area (Å²) < 4.78 is 2.09. The van der Waals surface area contributed by atoms with Gasteiger partial charge in [-0.15, -0.1) is 0 Å². The van der Waals surface area contributed by atoms with Crippen LogP contribution < -0.4 is 4.90 Å². The average molecular weight is 452 g/mol. The van der Waals surface area contributed by atoms with E-state index in [0.717, 1.165) is 80.4 Å². The molecule has 0 atom stereocenters. The third-order valence-electron chi connectivity index (χ3n) is 7.00. The number of piperidine rings is 1. The van der Waals surface area contributed by atoms with Crippen LogP contribution in [0.5, 0.6) is 0 Å². The molecule has 3 aromatic rings. The zero-order valence-electron chi connectivity index (χ0n) is 18.8. The number of benzene rings is 1. The molecule has 2 saturated heterocycles. The molecular formula is C25H30ClN5O. The Bertz CT molecular complexity index is 1130. The van der Waals surface area contributed by atoms with Gasteiger partial charge < -0.3 is 19.1 Å². The number of aromatic nitrogens is 2. The first-order valence-corrected chi connectivity index (χ1v) is 11.8. The number of carbonyl (C=O) groups excluding carboxylic acids is 1. The number of anilines is 1. The number of amides is 1. The quantitative estimate of drug-likeness (QED) is 0.604. The SMILES string of the molecule is Cc1c(-c2cc(N3CCN(C(=O)C4CCN(C)CC4)CC3)ccc2Cl)nc2ccccn12. The largest absolute Gasteiger partial charge is 0.368 e. The van der Waals surface area contributed by atoms with Crippen molar-refractivity contribution in [3.8, 4) is 11.3 Å². The van der Waals surface area contributed by atoms with Crippen molar-refractivity contribution in [3.05, 3.63) is 53.3 Å². The summed E-state index contributed by atoms with van der Waals surface area (Å²) >= 11 is 6.61. The smallest absolute Gasteiger partial charge is 0.225 e. The van der Waals surface area contributed by atoms with E-state index in [1.807, 2.05) is 30.5 Å². The van der Waals surface area contributed by atoms with E-state index in [1.54, 1.807) is 0 Å². The second-order valence-corrected chi connectivity index (χ2v) is 9.44. The highest BCUT2D eigenvalue weighted by atomic mass is 35.5. The molecule has 6 nitrogen and oxygen atoms in total. The van der Waals surface area contributed by atoms with Gasteiger partial charge in [-0.1, -0.05) is 17.7 Å². The fraction of sp³-hybridized carbons (Fsp3) is 0.440. The summed E-state index contributed by atoms with van der Waals surface area (Å²) in [6.07, 6.45) is 3.99. The Balaban J connectivity index is 1.31. The minimum atomic E-state index is 0.193. The van der Waals surface area contributed by atoms with Crippen molar-refractivity contribution in [2.45, 2.75) is 19.8 Å². The maximum atomic E-state index is 13.0. The van der Waals surface area contributed by atoms with Gasteiger partial charge in [-0.2, -0.15) is 0 Å². The fourth-order valence-electron chi connectivity index (χ4n) is 4.96. The van der Waals surface area contributed by atoms with Crippen LogP contribution in [0.3, 0.4) is 0 Å². The van der Waals surface area contributed by atoms with Crippen molar-refractivity contribution in [2.24, 2.45) is 5.92 Å². The van der Waals surface area contributed by atoms with E-state index in [9.17, 15) is 4.79 Å². The first kappa shape index (κ1) is 21.3. The summed E-state index contributed by atoms with van der Waals surface area (Å²) in [7, 11) is 2.13. The molecule has 7 heteroatoms. The Morgan fingerprint density at radius 3 is 2.50 bits per heavy atom. The Morgan fingerprint density at radius 1 is 1.03 bits per heavy atom. The second kappa shape index (κ2) is 8.75. The van der Waals surface area contributed by atoms with Crippen molar-refractivity contribution in [1.29, 1.82) is 0 Å². The van der Waals surface area contributed by atoms with Gasteiger partial charge in [0.15, 0.2) is 0 Å². The lowest BCUT2D eigenvalue weighted by Crippen LogP contribution is -2.51. The molecule has 0 unspecified atom stereocenters. The molecule has 2 aliphatic heterocycles. The van der Waals surface area contributed by atoms with Crippen LogP contribution in [0.15, 0.2) is 42.6 Å². The van der Waals surface area contributed by atoms with Gasteiger partial charge in [0.05, 0.1) is 10.7 Å². The predicted octanol–water partition coefficient (Wildman–Crippen LogP) is 3.95. The van der Waals surface area contributed by atoms with Gasteiger partial charge in [0, 0.05) is 55.2 Å². The number of halogens is 1. The van der Waals surface area contributed by atoms with Crippen molar-refractivity contribution in [2.75, 3.05) is 51.2 Å². The molecule has 2 aromatic heterocycles. The average Bonchev–Trinajstić information content (AvgIpc) is 3.16. The zero-order chi connectivity index (χ0) is 22.2. The Labute approximate surface area is 194 Å². The maximum absolute atomic E-state index is 13.0. The van der Waals surface area contributed by atoms with Crippen LogP contribution in [0, 0.1) is 12.8 Å². The van der Waals surface area contributed by atoms with Gasteiger partial charge >= 0.3 is 0 Å². The fourth-order valence-corrected chi connectivity index (χ4v) is 5.17. The lowest BCUT2D eigenvalue weighted by atomic mass is 9.95. The number of piperazine rings is 1. The number of likely N-dealkylation sites (tertiary alicyclic amines) is 1. The number of pyridine rings is 1. The normalized spacial score (nSPS) is 18.5. The van der Waals surface area contributed by atoms with Crippen LogP contribution in [0.4, 0.5) is 5.69 Å². The number of carbonyl (C=O) groups is 1. The Kier molecular flexibility index (Phi) is 5.82. The molecule has 0 radical (unpaired) electrons. The van der Waals surface area contributed by atoms with E-state index < -0.39 is 0 Å². The van der Waals surface area contributed by atoms with Crippen LogP contribution in [-0.4, -0.2) is 71.4 Å². The first-order valence-electron chi connectivity index (χ1n) is 11.5. The summed E-state index contributed by atoms with van der Waals surface area (Å²) in [5.74, 6) is 0.535. The first-order chi connectivity index (χ1) is 15.5. The highest BCUT2D eigenvalue weighted by molar-refractivity contribution is 6.33. The van der Waals surface area contributed by atoms with E-state index in [0.29, 0.717) is 10.9 Å². The lowest BCUT2D eigenvalue weighted by Gasteiger charge is -2.39. The van der Waals surface area contributed by atoms with Crippen molar-refractivity contribution in [3.63, 3.8) is 0 Å². The van der Waals surface area contributed by atoms with Gasteiger partial charge in [0.25, 0.3) is 0 Å². The van der Waals surface area contributed by atoms with Crippen LogP contribution in [0.1, 0.15) is 18.5 Å². The number of hydrogen-bond donors (Lipinski definition) is 0. The second-order valence-electron chi connectivity index (χ2n) is 9.03. The number of fused-ring (bicyclic) bond motifs is 1. The minimum Gasteiger partial charge on any atom is -0.368 e. The molecule has 0 saturated carbocycles. The van der Waals surface area contributed by atoms with Crippen molar-refractivity contribution in [1.82, 2.24) is 19.2 Å². The van der Waals surface area contributed by atoms with Crippen molar-refractivity contribution >= 4 is 28.8 Å². The van der Waals surface area contributed by atoms with Crippen LogP contribution in [0.2, 0.25) is 5.02 Å². The van der Waals surface area contributed by atoms with Gasteiger partial charge in [-0.25, -0.2) is 4.98 Å². The van der Waals surface area contributed by atoms with E-state index in [1.165, 1.54) is 0 Å². The van der Waals surface area contributed by atoms with Crippen molar-refractivity contribution < 1.29 is 4.79 Å². The predicted molar refractivity (Wildman–Crippen MR) is 129 cm³/mol. The van der Waals surface area contributed by atoms with Crippen LogP contribution in [-0.2, 0) is 4.79 Å². The summed E-state index contributed by atoms with van der Waals surface area (Å²) in [6.45, 7) is 7.34. The van der Waals surface area contributed by atoms with E-state index >= 15 is 0 Å². The monoisotopic (exact) mass is 451 g/mol. The molecule has 4 heterocycles. The molecule has 0 spiro atoms. The number of hydrogen-bond acceptors (Lipinski definition) is 4. The maximum Gasteiger partial charge on any atom is 0.225 e. The van der Waals surface area contributed by atoms with Gasteiger partial charge in [-0.3, -0.25) is 4.79 Å². The number of imidazole rings is 1. The third kappa shape index (κ3) is 3.97. The Morgan fingerprint density at radius 2 is 1.78 bits per heavy atom. The van der Waals surface area contributed by atoms with Crippen LogP contribution in [0.25, 0.3) is 16.9 Å². The molecule has 1 amide bonds. The standard InChI is InChI=1S/C25H30ClN5O/c1-18-24(27-23-5-3-4-10-31(18)23)21-17-20(6-7-22(21)26)29-13-15-30(16-14-29)25(32)19-8-11-28(2)12-9-19/h3-7,10,17,19H,8-9,11-16H2,1-2H3. The highest BCUT2D eigenvalue weighted by Crippen LogP contribution is 2.34. The molecule has 0 aliphatic carbocycles. The molecule has 5 rings (SSSR count). The lowest BCUT2D eigenvalue weighted by molar-refractivity contribution is -0.137. The molecule has 168 valence electrons. The summed E-state index contributed by atoms with van der Waals surface area (Å²) in [5, 5.41) is 0.705. The van der Waals surface area contributed by atoms with Gasteiger partial charge in [0.1, 0.15) is 5.65 Å². The van der Waals surface area contributed by atoms with E-state index in [-0.39, 0.29) is 5.92 Å². The molecule has 0 N–H and O–H groups in total. The van der Waals surface area contributed by atoms with E-state index in [4.69, 9.17) is 16.6 Å². The van der Waals surface area contributed by atoms with Crippen LogP contribution >= 0.6 is 11.6 Å². The molecule has 32 heavy (non-hydrogen) atoms. The molecule has 0 bridgehead atoms. The molecule has 2 aliphatic rings. The highest BCUT2D eigenvalue weighted by Gasteiger charge is 2.30. The van der Waals surface area contributed by atoms with Gasteiger partial charge in [0.2, 0.25) is 5.91 Å². The summed E-state index contributed by atoms with van der Waals surface area (Å²) in [4.78, 5) is 24.5. The number of aryl methyl sites for hydroxylation is 1. The summed E-state index contributed by atoms with van der Waals surface area (Å²) in [6, 6.07) is 12.2. The van der Waals surface area contributed by atoms with E-state index in [2.05, 4.69) is 45.2 Å². The van der Waals surface area contributed by atoms with Gasteiger partial charge in [-0.05, 0) is 70.2 Å². The Hall–Kier alpha value is -2.57. The molecular weight excluding hydrogens is 422 g/mol. The minimum absolute atomic E-state index is 0.193. The third-order valence-corrected chi connectivity index (χ3v) is 7.33.